The summed E-state index contributed by atoms with van der Waals surface area (Å²) in [6.45, 7) is -2.24. The number of rotatable bonds is 9. The van der Waals surface area contributed by atoms with Crippen LogP contribution < -0.4 is 20.1 Å². The van der Waals surface area contributed by atoms with Crippen molar-refractivity contribution >= 4 is 16.0 Å². The van der Waals surface area contributed by atoms with Crippen molar-refractivity contribution in [3.63, 3.8) is 0 Å². The topological polar surface area (TPSA) is 91.8 Å². The summed E-state index contributed by atoms with van der Waals surface area (Å²) in [5, 5.41) is 6.14. The molecule has 0 aliphatic heterocycles. The number of guanidine groups is 1. The van der Waals surface area contributed by atoms with Crippen LogP contribution in [0.4, 0.5) is 8.78 Å². The maximum atomic E-state index is 12.5. The van der Waals surface area contributed by atoms with E-state index in [-0.39, 0.29) is 23.2 Å². The normalized spacial score (nSPS) is 14.6. The summed E-state index contributed by atoms with van der Waals surface area (Å²) in [6.07, 6.45) is 1.76. The van der Waals surface area contributed by atoms with Gasteiger partial charge in [-0.2, -0.15) is 8.78 Å². The molecule has 0 spiro atoms. The van der Waals surface area contributed by atoms with E-state index < -0.39 is 16.6 Å². The van der Waals surface area contributed by atoms with Crippen LogP contribution in [0, 0.1) is 0 Å². The van der Waals surface area contributed by atoms with Gasteiger partial charge in [0.1, 0.15) is 5.75 Å². The number of para-hydroxylation sites is 1. The van der Waals surface area contributed by atoms with E-state index in [2.05, 4.69) is 25.1 Å². The van der Waals surface area contributed by atoms with E-state index in [1.165, 1.54) is 6.07 Å². The predicted molar refractivity (Wildman–Crippen MR) is 110 cm³/mol. The number of ether oxygens (including phenoxy) is 1. The van der Waals surface area contributed by atoms with Crippen molar-refractivity contribution < 1.29 is 21.9 Å². The number of hydrogen-bond acceptors (Lipinski definition) is 4. The molecular formula is C20H24F2N4O3S. The fourth-order valence-electron chi connectivity index (χ4n) is 2.72. The average Bonchev–Trinajstić information content (AvgIpc) is 3.52. The van der Waals surface area contributed by atoms with E-state index in [0.29, 0.717) is 18.1 Å². The molecule has 0 atom stereocenters. The Morgan fingerprint density at radius 3 is 2.40 bits per heavy atom. The smallest absolute Gasteiger partial charge is 0.387 e. The van der Waals surface area contributed by atoms with Gasteiger partial charge in [-0.25, -0.2) is 13.1 Å². The van der Waals surface area contributed by atoms with Crippen molar-refractivity contribution in [1.82, 2.24) is 15.4 Å². The van der Waals surface area contributed by atoms with Crippen molar-refractivity contribution in [3.8, 4) is 5.75 Å². The average molecular weight is 439 g/mol. The Balaban J connectivity index is 1.53. The molecule has 2 aromatic carbocycles. The van der Waals surface area contributed by atoms with Crippen LogP contribution in [0.1, 0.15) is 24.0 Å². The predicted octanol–water partition coefficient (Wildman–Crippen LogP) is 2.59. The number of aliphatic imine (C=N–C) groups is 1. The highest BCUT2D eigenvalue weighted by molar-refractivity contribution is 7.89. The fraction of sp³-hybridized carbons (Fsp3) is 0.350. The van der Waals surface area contributed by atoms with Crippen molar-refractivity contribution in [3.05, 3.63) is 59.7 Å². The zero-order valence-electron chi connectivity index (χ0n) is 16.4. The second-order valence-corrected chi connectivity index (χ2v) is 8.52. The molecule has 162 valence electrons. The van der Waals surface area contributed by atoms with Crippen LogP contribution >= 0.6 is 0 Å². The Morgan fingerprint density at radius 2 is 1.77 bits per heavy atom. The molecule has 0 unspecified atom stereocenters. The largest absolute Gasteiger partial charge is 0.434 e. The van der Waals surface area contributed by atoms with Gasteiger partial charge >= 0.3 is 6.61 Å². The second kappa shape index (κ2) is 9.86. The van der Waals surface area contributed by atoms with Crippen LogP contribution in [0.25, 0.3) is 0 Å². The molecule has 1 fully saturated rings. The third kappa shape index (κ3) is 6.39. The van der Waals surface area contributed by atoms with E-state index in [4.69, 9.17) is 0 Å². The Bertz CT molecular complexity index is 978. The van der Waals surface area contributed by atoms with E-state index >= 15 is 0 Å². The first-order valence-corrected chi connectivity index (χ1v) is 10.9. The summed E-state index contributed by atoms with van der Waals surface area (Å²) < 4.78 is 56.6. The zero-order valence-corrected chi connectivity index (χ0v) is 17.3. The third-order valence-corrected chi connectivity index (χ3v) is 5.99. The quantitative estimate of drug-likeness (QED) is 0.414. The summed E-state index contributed by atoms with van der Waals surface area (Å²) in [7, 11) is -1.88. The SMILES string of the molecule is CN=C(NCc1ccc(S(=O)(=O)NC2CC2)cc1)NCc1ccccc1OC(F)F. The van der Waals surface area contributed by atoms with E-state index in [1.54, 1.807) is 49.5 Å². The van der Waals surface area contributed by atoms with E-state index in [1.807, 2.05) is 0 Å². The Morgan fingerprint density at radius 1 is 1.10 bits per heavy atom. The number of benzene rings is 2. The minimum atomic E-state index is -3.47. The first-order valence-electron chi connectivity index (χ1n) is 9.46. The molecule has 0 radical (unpaired) electrons. The van der Waals surface area contributed by atoms with Crippen LogP contribution in [0.3, 0.4) is 0 Å². The molecule has 10 heteroatoms. The molecule has 7 nitrogen and oxygen atoms in total. The van der Waals surface area contributed by atoms with Gasteiger partial charge in [-0.3, -0.25) is 4.99 Å². The van der Waals surface area contributed by atoms with Gasteiger partial charge in [-0.1, -0.05) is 30.3 Å². The van der Waals surface area contributed by atoms with Gasteiger partial charge in [-0.05, 0) is 36.6 Å². The van der Waals surface area contributed by atoms with Crippen molar-refractivity contribution in [2.45, 2.75) is 43.5 Å². The molecule has 3 N–H and O–H groups in total. The summed E-state index contributed by atoms with van der Waals surface area (Å²) in [4.78, 5) is 4.34. The lowest BCUT2D eigenvalue weighted by atomic mass is 10.2. The molecule has 3 rings (SSSR count). The van der Waals surface area contributed by atoms with Gasteiger partial charge in [0.25, 0.3) is 0 Å². The molecule has 0 aromatic heterocycles. The van der Waals surface area contributed by atoms with Gasteiger partial charge in [-0.15, -0.1) is 0 Å². The van der Waals surface area contributed by atoms with Crippen LogP contribution in [-0.2, 0) is 23.1 Å². The van der Waals surface area contributed by atoms with Crippen LogP contribution in [0.15, 0.2) is 58.4 Å². The molecule has 1 aliphatic rings. The summed E-state index contributed by atoms with van der Waals surface area (Å²) in [5.41, 5.74) is 1.43. The molecule has 1 aliphatic carbocycles. The summed E-state index contributed by atoms with van der Waals surface area (Å²) >= 11 is 0. The molecular weight excluding hydrogens is 414 g/mol. The highest BCUT2D eigenvalue weighted by atomic mass is 32.2. The van der Waals surface area contributed by atoms with Gasteiger partial charge in [0.15, 0.2) is 5.96 Å². The van der Waals surface area contributed by atoms with Crippen LogP contribution in [0.2, 0.25) is 0 Å². The second-order valence-electron chi connectivity index (χ2n) is 6.81. The van der Waals surface area contributed by atoms with Gasteiger partial charge in [0, 0.05) is 31.7 Å². The standard InChI is InChI=1S/C20H24F2N4O3S/c1-23-20(25-13-15-4-2-3-5-18(15)29-19(21)22)24-12-14-6-10-17(11-7-14)30(27,28)26-16-8-9-16/h2-7,10-11,16,19,26H,8-9,12-13H2,1H3,(H2,23,24,25). The summed E-state index contributed by atoms with van der Waals surface area (Å²) in [6, 6.07) is 13.2. The lowest BCUT2D eigenvalue weighted by Crippen LogP contribution is -2.36. The number of nitrogens with one attached hydrogen (secondary N) is 3. The lowest BCUT2D eigenvalue weighted by Gasteiger charge is -2.14. The first kappa shape index (κ1) is 22.0. The highest BCUT2D eigenvalue weighted by Crippen LogP contribution is 2.22. The van der Waals surface area contributed by atoms with Gasteiger partial charge in [0.2, 0.25) is 10.0 Å². The van der Waals surface area contributed by atoms with E-state index in [9.17, 15) is 17.2 Å². The number of alkyl halides is 2. The minimum Gasteiger partial charge on any atom is -0.434 e. The monoisotopic (exact) mass is 438 g/mol. The zero-order chi connectivity index (χ0) is 21.6. The highest BCUT2D eigenvalue weighted by Gasteiger charge is 2.27. The number of hydrogen-bond donors (Lipinski definition) is 3. The minimum absolute atomic E-state index is 0.0574. The number of sulfonamides is 1. The fourth-order valence-corrected chi connectivity index (χ4v) is 4.03. The van der Waals surface area contributed by atoms with Crippen LogP contribution in [-0.4, -0.2) is 34.1 Å². The molecule has 1 saturated carbocycles. The summed E-state index contributed by atoms with van der Waals surface area (Å²) in [5.74, 6) is 0.570. The molecule has 2 aromatic rings. The Hall–Kier alpha value is -2.72. The lowest BCUT2D eigenvalue weighted by molar-refractivity contribution is -0.0504. The molecule has 0 saturated heterocycles. The Kier molecular flexibility index (Phi) is 7.22. The number of nitrogens with zero attached hydrogens (tertiary/aromatic N) is 1. The molecule has 0 amide bonds. The molecule has 0 bridgehead atoms. The maximum absolute atomic E-state index is 12.5. The van der Waals surface area contributed by atoms with Gasteiger partial charge < -0.3 is 15.4 Å². The molecule has 30 heavy (non-hydrogen) atoms. The number of halogens is 2. The van der Waals surface area contributed by atoms with Crippen molar-refractivity contribution in [2.75, 3.05) is 7.05 Å². The Labute approximate surface area is 174 Å². The molecule has 0 heterocycles. The first-order chi connectivity index (χ1) is 14.4. The maximum Gasteiger partial charge on any atom is 0.387 e. The van der Waals surface area contributed by atoms with Crippen molar-refractivity contribution in [1.29, 1.82) is 0 Å². The van der Waals surface area contributed by atoms with Crippen LogP contribution in [0.5, 0.6) is 5.75 Å². The van der Waals surface area contributed by atoms with Gasteiger partial charge in [0.05, 0.1) is 4.90 Å². The third-order valence-electron chi connectivity index (χ3n) is 4.45. The van der Waals surface area contributed by atoms with E-state index in [0.717, 1.165) is 18.4 Å². The van der Waals surface area contributed by atoms with Crippen molar-refractivity contribution in [2.24, 2.45) is 4.99 Å².